The van der Waals surface area contributed by atoms with Crippen LogP contribution >= 0.6 is 0 Å². The molecule has 1 nitrogen and oxygen atoms in total. The Bertz CT molecular complexity index is 375. The van der Waals surface area contributed by atoms with Gasteiger partial charge in [0.05, 0.1) is 0 Å². The summed E-state index contributed by atoms with van der Waals surface area (Å²) in [6.45, 7) is 0. The smallest absolute Gasteiger partial charge is 0.344 e. The average molecular weight is 206 g/mol. The van der Waals surface area contributed by atoms with E-state index in [1.54, 1.807) is 0 Å². The molecule has 14 heavy (non-hydrogen) atoms. The Labute approximate surface area is 77.0 Å². The normalized spacial score (nSPS) is 34.2. The van der Waals surface area contributed by atoms with Crippen LogP contribution in [0.2, 0.25) is 0 Å². The van der Waals surface area contributed by atoms with Gasteiger partial charge in [-0.25, -0.2) is 4.39 Å². The first-order chi connectivity index (χ1) is 6.39. The fourth-order valence-electron chi connectivity index (χ4n) is 1.56. The Balaban J connectivity index is 2.68. The predicted octanol–water partition coefficient (Wildman–Crippen LogP) is 2.46. The van der Waals surface area contributed by atoms with E-state index in [0.717, 1.165) is 12.1 Å². The first-order valence-electron chi connectivity index (χ1n) is 3.91. The van der Waals surface area contributed by atoms with Gasteiger partial charge in [-0.3, -0.25) is 0 Å². The summed E-state index contributed by atoms with van der Waals surface area (Å²) in [4.78, 5) is 0. The monoisotopic (exact) mass is 206 g/mol. The van der Waals surface area contributed by atoms with Crippen molar-refractivity contribution in [3.63, 3.8) is 0 Å². The molecule has 0 radical (unpaired) electrons. The number of alkyl halides is 4. The number of fused-ring (bicyclic) bond motifs is 1. The number of hydrogen-bond acceptors (Lipinski definition) is 1. The van der Waals surface area contributed by atoms with E-state index in [9.17, 15) is 17.6 Å². The molecule has 2 atom stereocenters. The molecule has 0 fully saturated rings. The summed E-state index contributed by atoms with van der Waals surface area (Å²) < 4.78 is 52.1. The van der Waals surface area contributed by atoms with Crippen LogP contribution in [-0.4, -0.2) is 11.0 Å². The Kier molecular flexibility index (Phi) is 1.67. The van der Waals surface area contributed by atoms with E-state index in [0.29, 0.717) is 0 Å². The lowest BCUT2D eigenvalue weighted by Crippen LogP contribution is -2.38. The second-order valence-electron chi connectivity index (χ2n) is 3.19. The van der Waals surface area contributed by atoms with Crippen molar-refractivity contribution in [3.8, 4) is 0 Å². The molecule has 5 heteroatoms. The second kappa shape index (κ2) is 2.48. The SMILES string of the molecule is OC1(F)c2ccccc2C(F)C1(F)F. The number of aliphatic hydroxyl groups is 1. The standard InChI is InChI=1S/C9H6F4O/c10-7-5-3-1-2-4-6(5)9(13,14)8(7,11)12/h1-4,7,14H. The molecular formula is C9H6F4O. The Morgan fingerprint density at radius 2 is 1.71 bits per heavy atom. The van der Waals surface area contributed by atoms with E-state index in [4.69, 9.17) is 5.11 Å². The first-order valence-corrected chi connectivity index (χ1v) is 3.91. The maximum absolute atomic E-state index is 13.2. The van der Waals surface area contributed by atoms with E-state index in [1.165, 1.54) is 12.1 Å². The van der Waals surface area contributed by atoms with Crippen LogP contribution in [0.3, 0.4) is 0 Å². The van der Waals surface area contributed by atoms with Gasteiger partial charge in [0, 0.05) is 11.1 Å². The van der Waals surface area contributed by atoms with E-state index in [-0.39, 0.29) is 0 Å². The zero-order valence-electron chi connectivity index (χ0n) is 6.85. The van der Waals surface area contributed by atoms with Crippen LogP contribution in [0.25, 0.3) is 0 Å². The molecule has 2 unspecified atom stereocenters. The molecule has 0 heterocycles. The van der Waals surface area contributed by atoms with Crippen LogP contribution in [-0.2, 0) is 5.85 Å². The van der Waals surface area contributed by atoms with Gasteiger partial charge < -0.3 is 5.11 Å². The molecular weight excluding hydrogens is 200 g/mol. The largest absolute Gasteiger partial charge is 0.353 e. The first kappa shape index (κ1) is 9.45. The molecule has 0 saturated carbocycles. The quantitative estimate of drug-likeness (QED) is 0.646. The lowest BCUT2D eigenvalue weighted by molar-refractivity contribution is -0.272. The zero-order chi connectivity index (χ0) is 10.6. The van der Waals surface area contributed by atoms with Crippen LogP contribution in [0, 0.1) is 0 Å². The number of rotatable bonds is 0. The van der Waals surface area contributed by atoms with Crippen molar-refractivity contribution in [1.82, 2.24) is 0 Å². The van der Waals surface area contributed by atoms with Crippen molar-refractivity contribution in [2.24, 2.45) is 0 Å². The minimum Gasteiger partial charge on any atom is -0.353 e. The van der Waals surface area contributed by atoms with Crippen LogP contribution in [0.4, 0.5) is 17.6 Å². The minimum absolute atomic E-state index is 0.498. The average Bonchev–Trinajstić information content (AvgIpc) is 2.27. The minimum atomic E-state index is -4.42. The molecule has 1 N–H and O–H groups in total. The number of halogens is 4. The molecule has 1 aromatic carbocycles. The molecule has 0 amide bonds. The molecule has 2 rings (SSSR count). The summed E-state index contributed by atoms with van der Waals surface area (Å²) in [6, 6.07) is 4.55. The topological polar surface area (TPSA) is 20.2 Å². The van der Waals surface area contributed by atoms with E-state index in [2.05, 4.69) is 0 Å². The van der Waals surface area contributed by atoms with Gasteiger partial charge in [-0.2, -0.15) is 13.2 Å². The van der Waals surface area contributed by atoms with Crippen LogP contribution in [0.1, 0.15) is 17.3 Å². The zero-order valence-corrected chi connectivity index (χ0v) is 6.85. The van der Waals surface area contributed by atoms with Gasteiger partial charge >= 0.3 is 11.8 Å². The summed E-state index contributed by atoms with van der Waals surface area (Å²) >= 11 is 0. The fourth-order valence-corrected chi connectivity index (χ4v) is 1.56. The molecule has 1 aliphatic rings. The fraction of sp³-hybridized carbons (Fsp3) is 0.333. The Morgan fingerprint density at radius 1 is 1.14 bits per heavy atom. The predicted molar refractivity (Wildman–Crippen MR) is 40.2 cm³/mol. The van der Waals surface area contributed by atoms with Gasteiger partial charge in [0.2, 0.25) is 0 Å². The highest BCUT2D eigenvalue weighted by Crippen LogP contribution is 2.56. The Hall–Kier alpha value is -1.10. The third kappa shape index (κ3) is 0.877. The third-order valence-electron chi connectivity index (χ3n) is 2.35. The van der Waals surface area contributed by atoms with Gasteiger partial charge in [-0.05, 0) is 0 Å². The van der Waals surface area contributed by atoms with Crippen molar-refractivity contribution in [3.05, 3.63) is 35.4 Å². The lowest BCUT2D eigenvalue weighted by atomic mass is 10.1. The van der Waals surface area contributed by atoms with Crippen molar-refractivity contribution in [2.75, 3.05) is 0 Å². The number of benzene rings is 1. The highest BCUT2D eigenvalue weighted by atomic mass is 19.3. The summed E-state index contributed by atoms with van der Waals surface area (Å²) in [5, 5.41) is 8.89. The summed E-state index contributed by atoms with van der Waals surface area (Å²) in [5.74, 6) is -8.33. The summed E-state index contributed by atoms with van der Waals surface area (Å²) in [7, 11) is 0. The van der Waals surface area contributed by atoms with Gasteiger partial charge in [0.25, 0.3) is 0 Å². The van der Waals surface area contributed by atoms with Crippen molar-refractivity contribution in [2.45, 2.75) is 17.9 Å². The van der Waals surface area contributed by atoms with Gasteiger partial charge in [0.15, 0.2) is 6.17 Å². The van der Waals surface area contributed by atoms with E-state index >= 15 is 0 Å². The van der Waals surface area contributed by atoms with Crippen LogP contribution in [0.15, 0.2) is 24.3 Å². The summed E-state index contributed by atoms with van der Waals surface area (Å²) in [6.07, 6.45) is -2.80. The third-order valence-corrected chi connectivity index (χ3v) is 2.35. The highest BCUT2D eigenvalue weighted by molar-refractivity contribution is 5.41. The second-order valence-corrected chi connectivity index (χ2v) is 3.19. The molecule has 0 spiro atoms. The highest BCUT2D eigenvalue weighted by Gasteiger charge is 2.67. The lowest BCUT2D eigenvalue weighted by Gasteiger charge is -2.22. The molecule has 0 aliphatic heterocycles. The van der Waals surface area contributed by atoms with Gasteiger partial charge in [0.1, 0.15) is 0 Å². The molecule has 0 saturated heterocycles. The molecule has 76 valence electrons. The maximum Gasteiger partial charge on any atom is 0.344 e. The Morgan fingerprint density at radius 3 is 2.29 bits per heavy atom. The van der Waals surface area contributed by atoms with Crippen LogP contribution < -0.4 is 0 Å². The van der Waals surface area contributed by atoms with Crippen molar-refractivity contribution >= 4 is 0 Å². The van der Waals surface area contributed by atoms with Gasteiger partial charge in [-0.1, -0.05) is 24.3 Å². The van der Waals surface area contributed by atoms with Crippen LogP contribution in [0.5, 0.6) is 0 Å². The van der Waals surface area contributed by atoms with Crippen molar-refractivity contribution < 1.29 is 22.7 Å². The molecule has 1 aliphatic carbocycles. The van der Waals surface area contributed by atoms with Gasteiger partial charge in [-0.15, -0.1) is 0 Å². The van der Waals surface area contributed by atoms with E-state index < -0.39 is 29.1 Å². The number of hydrogen-bond donors (Lipinski definition) is 1. The van der Waals surface area contributed by atoms with Crippen molar-refractivity contribution in [1.29, 1.82) is 0 Å². The molecule has 1 aromatic rings. The molecule has 0 bridgehead atoms. The van der Waals surface area contributed by atoms with E-state index in [1.807, 2.05) is 0 Å². The summed E-state index contributed by atoms with van der Waals surface area (Å²) in [5.41, 5.74) is -1.19. The maximum atomic E-state index is 13.2. The molecule has 0 aromatic heterocycles.